The predicted octanol–water partition coefficient (Wildman–Crippen LogP) is 5.48. The SMILES string of the molecule is CONC(=O)c1cc2ccc(-c3ccc4c(c3)C(C)(C)CCC4(C)C)cc2[nH]1. The van der Waals surface area contributed by atoms with Gasteiger partial charge in [0.2, 0.25) is 0 Å². The maximum atomic E-state index is 12.0. The Morgan fingerprint density at radius 1 is 0.929 bits per heavy atom. The molecule has 1 heterocycles. The van der Waals surface area contributed by atoms with Gasteiger partial charge in [0.15, 0.2) is 0 Å². The molecule has 0 aliphatic heterocycles. The molecule has 0 spiro atoms. The summed E-state index contributed by atoms with van der Waals surface area (Å²) in [6.45, 7) is 9.38. The van der Waals surface area contributed by atoms with Gasteiger partial charge in [-0.25, -0.2) is 5.48 Å². The van der Waals surface area contributed by atoms with E-state index < -0.39 is 0 Å². The van der Waals surface area contributed by atoms with Gasteiger partial charge in [-0.15, -0.1) is 0 Å². The zero-order valence-corrected chi connectivity index (χ0v) is 17.3. The number of aromatic amines is 1. The molecule has 0 fully saturated rings. The van der Waals surface area contributed by atoms with Crippen molar-refractivity contribution in [3.63, 3.8) is 0 Å². The molecule has 0 saturated heterocycles. The Labute approximate surface area is 166 Å². The number of carbonyl (C=O) groups is 1. The van der Waals surface area contributed by atoms with Crippen molar-refractivity contribution in [1.29, 1.82) is 0 Å². The first-order chi connectivity index (χ1) is 13.2. The summed E-state index contributed by atoms with van der Waals surface area (Å²) in [4.78, 5) is 19.9. The lowest BCUT2D eigenvalue weighted by Gasteiger charge is -2.42. The second-order valence-corrected chi connectivity index (χ2v) is 9.15. The molecule has 0 saturated carbocycles. The Bertz CT molecular complexity index is 1060. The van der Waals surface area contributed by atoms with E-state index in [4.69, 9.17) is 4.84 Å². The lowest BCUT2D eigenvalue weighted by atomic mass is 9.63. The monoisotopic (exact) mass is 376 g/mol. The van der Waals surface area contributed by atoms with E-state index in [2.05, 4.69) is 74.6 Å². The number of benzene rings is 2. The number of hydroxylamine groups is 1. The maximum Gasteiger partial charge on any atom is 0.291 e. The average molecular weight is 377 g/mol. The van der Waals surface area contributed by atoms with E-state index in [-0.39, 0.29) is 16.7 Å². The molecule has 146 valence electrons. The van der Waals surface area contributed by atoms with Crippen LogP contribution in [0.3, 0.4) is 0 Å². The summed E-state index contributed by atoms with van der Waals surface area (Å²) >= 11 is 0. The van der Waals surface area contributed by atoms with Gasteiger partial charge in [-0.3, -0.25) is 9.63 Å². The Balaban J connectivity index is 1.77. The number of H-pyrrole nitrogens is 1. The fourth-order valence-corrected chi connectivity index (χ4v) is 4.34. The summed E-state index contributed by atoms with van der Waals surface area (Å²) in [5.41, 5.74) is 9.46. The quantitative estimate of drug-likeness (QED) is 0.595. The van der Waals surface area contributed by atoms with E-state index in [0.29, 0.717) is 5.69 Å². The number of hydrogen-bond acceptors (Lipinski definition) is 2. The average Bonchev–Trinajstić information content (AvgIpc) is 3.09. The molecule has 4 rings (SSSR count). The van der Waals surface area contributed by atoms with Crippen molar-refractivity contribution in [2.24, 2.45) is 0 Å². The third-order valence-electron chi connectivity index (χ3n) is 6.25. The van der Waals surface area contributed by atoms with Crippen LogP contribution in [0, 0.1) is 0 Å². The highest BCUT2D eigenvalue weighted by Crippen LogP contribution is 2.46. The van der Waals surface area contributed by atoms with Gasteiger partial charge in [-0.2, -0.15) is 0 Å². The smallest absolute Gasteiger partial charge is 0.291 e. The molecule has 4 heteroatoms. The first kappa shape index (κ1) is 18.8. The van der Waals surface area contributed by atoms with Crippen LogP contribution in [0.1, 0.15) is 62.2 Å². The molecular weight excluding hydrogens is 348 g/mol. The molecule has 0 bridgehead atoms. The van der Waals surface area contributed by atoms with Crippen LogP contribution in [0.2, 0.25) is 0 Å². The molecule has 3 aromatic rings. The molecular formula is C24H28N2O2. The summed E-state index contributed by atoms with van der Waals surface area (Å²) in [5.74, 6) is -0.280. The van der Waals surface area contributed by atoms with E-state index in [9.17, 15) is 4.79 Å². The Kier molecular flexibility index (Phi) is 4.35. The molecule has 0 atom stereocenters. The van der Waals surface area contributed by atoms with Gasteiger partial charge in [-0.1, -0.05) is 58.0 Å². The summed E-state index contributed by atoms with van der Waals surface area (Å²) in [6.07, 6.45) is 2.41. The summed E-state index contributed by atoms with van der Waals surface area (Å²) in [5, 5.41) is 1.00. The van der Waals surface area contributed by atoms with Crippen LogP contribution >= 0.6 is 0 Å². The Morgan fingerprint density at radius 2 is 1.57 bits per heavy atom. The lowest BCUT2D eigenvalue weighted by molar-refractivity contribution is 0.0533. The highest BCUT2D eigenvalue weighted by Gasteiger charge is 2.36. The van der Waals surface area contributed by atoms with Crippen molar-refractivity contribution in [3.8, 4) is 11.1 Å². The fourth-order valence-electron chi connectivity index (χ4n) is 4.34. The Hall–Kier alpha value is -2.59. The third-order valence-corrected chi connectivity index (χ3v) is 6.25. The maximum absolute atomic E-state index is 12.0. The van der Waals surface area contributed by atoms with E-state index in [0.717, 1.165) is 16.5 Å². The largest absolute Gasteiger partial charge is 0.350 e. The second-order valence-electron chi connectivity index (χ2n) is 9.15. The van der Waals surface area contributed by atoms with Crippen molar-refractivity contribution < 1.29 is 9.63 Å². The van der Waals surface area contributed by atoms with Gasteiger partial charge in [0.1, 0.15) is 5.69 Å². The zero-order valence-electron chi connectivity index (χ0n) is 17.3. The fraction of sp³-hybridized carbons (Fsp3) is 0.375. The molecule has 2 N–H and O–H groups in total. The second kappa shape index (κ2) is 6.49. The third kappa shape index (κ3) is 3.12. The number of rotatable bonds is 3. The molecule has 1 aliphatic rings. The highest BCUT2D eigenvalue weighted by atomic mass is 16.6. The molecule has 1 aliphatic carbocycles. The predicted molar refractivity (Wildman–Crippen MR) is 113 cm³/mol. The highest BCUT2D eigenvalue weighted by molar-refractivity contribution is 5.98. The van der Waals surface area contributed by atoms with Gasteiger partial charge in [-0.05, 0) is 58.1 Å². The van der Waals surface area contributed by atoms with Crippen molar-refractivity contribution in [2.75, 3.05) is 7.11 Å². The van der Waals surface area contributed by atoms with Crippen molar-refractivity contribution in [2.45, 2.75) is 51.4 Å². The standard InChI is InChI=1S/C24H28N2O2/c1-23(2)10-11-24(3,4)19-12-15(8-9-18(19)23)16-6-7-17-14-21(22(27)26-28-5)25-20(17)13-16/h6-9,12-14,25H,10-11H2,1-5H3,(H,26,27). The van der Waals surface area contributed by atoms with Crippen LogP contribution in [0.15, 0.2) is 42.5 Å². The normalized spacial score (nSPS) is 17.3. The minimum Gasteiger partial charge on any atom is -0.350 e. The minimum absolute atomic E-state index is 0.183. The van der Waals surface area contributed by atoms with Gasteiger partial charge in [0.25, 0.3) is 5.91 Å². The zero-order chi connectivity index (χ0) is 20.1. The number of aromatic nitrogens is 1. The molecule has 2 aromatic carbocycles. The lowest BCUT2D eigenvalue weighted by Crippen LogP contribution is -2.33. The van der Waals surface area contributed by atoms with Gasteiger partial charge in [0.05, 0.1) is 7.11 Å². The van der Waals surface area contributed by atoms with Gasteiger partial charge >= 0.3 is 0 Å². The van der Waals surface area contributed by atoms with Crippen LogP contribution in [0.25, 0.3) is 22.0 Å². The number of amides is 1. The summed E-state index contributed by atoms with van der Waals surface area (Å²) in [6, 6.07) is 15.0. The van der Waals surface area contributed by atoms with Crippen LogP contribution < -0.4 is 5.48 Å². The van der Waals surface area contributed by atoms with Crippen molar-refractivity contribution >= 4 is 16.8 Å². The van der Waals surface area contributed by atoms with Crippen molar-refractivity contribution in [1.82, 2.24) is 10.5 Å². The number of hydrogen-bond donors (Lipinski definition) is 2. The van der Waals surface area contributed by atoms with Crippen LogP contribution in [0.4, 0.5) is 0 Å². The van der Waals surface area contributed by atoms with E-state index in [1.54, 1.807) is 0 Å². The minimum atomic E-state index is -0.280. The van der Waals surface area contributed by atoms with E-state index >= 15 is 0 Å². The molecule has 28 heavy (non-hydrogen) atoms. The number of fused-ring (bicyclic) bond motifs is 2. The van der Waals surface area contributed by atoms with E-state index in [1.807, 2.05) is 6.07 Å². The topological polar surface area (TPSA) is 54.1 Å². The van der Waals surface area contributed by atoms with Crippen LogP contribution in [-0.4, -0.2) is 18.0 Å². The summed E-state index contributed by atoms with van der Waals surface area (Å²) in [7, 11) is 1.43. The first-order valence-corrected chi connectivity index (χ1v) is 9.83. The van der Waals surface area contributed by atoms with Gasteiger partial charge in [0, 0.05) is 10.9 Å². The van der Waals surface area contributed by atoms with Crippen LogP contribution in [0.5, 0.6) is 0 Å². The molecule has 0 unspecified atom stereocenters. The number of carbonyl (C=O) groups excluding carboxylic acids is 1. The van der Waals surface area contributed by atoms with E-state index in [1.165, 1.54) is 36.6 Å². The van der Waals surface area contributed by atoms with Gasteiger partial charge < -0.3 is 4.98 Å². The summed E-state index contributed by atoms with van der Waals surface area (Å²) < 4.78 is 0. The first-order valence-electron chi connectivity index (χ1n) is 9.83. The molecule has 4 nitrogen and oxygen atoms in total. The number of nitrogens with one attached hydrogen (secondary N) is 2. The molecule has 1 amide bonds. The Morgan fingerprint density at radius 3 is 2.29 bits per heavy atom. The molecule has 0 radical (unpaired) electrons. The van der Waals surface area contributed by atoms with Crippen molar-refractivity contribution in [3.05, 3.63) is 59.3 Å². The van der Waals surface area contributed by atoms with Crippen LogP contribution in [-0.2, 0) is 15.7 Å². The molecule has 1 aromatic heterocycles.